The van der Waals surface area contributed by atoms with Crippen LogP contribution >= 0.6 is 7.91 Å². The maximum atomic E-state index is 8.87. The van der Waals surface area contributed by atoms with Gasteiger partial charge in [-0.1, -0.05) is 0 Å². The van der Waals surface area contributed by atoms with Crippen LogP contribution in [-0.2, 0) is 13.8 Å². The Kier molecular flexibility index (Phi) is 11.2. The van der Waals surface area contributed by atoms with E-state index in [1.165, 1.54) is 0 Å². The first-order valence-corrected chi connectivity index (χ1v) is 1.81. The van der Waals surface area contributed by atoms with Crippen molar-refractivity contribution >= 4 is 7.91 Å². The Bertz CT molecular complexity index is 65.6. The summed E-state index contributed by atoms with van der Waals surface area (Å²) >= 11 is 0. The molecule has 0 aromatic rings. The minimum absolute atomic E-state index is 0. The number of rotatable bonds is 1. The molecule has 30 valence electrons. The Labute approximate surface area is 77.1 Å². The minimum Gasteiger partial charge on any atom is -0.710 e. The van der Waals surface area contributed by atoms with Crippen molar-refractivity contribution in [3.05, 3.63) is 0 Å². The van der Waals surface area contributed by atoms with E-state index in [-0.39, 0.29) is 51.4 Å². The molecule has 0 aromatic heterocycles. The number of hydrogen-bond donors (Lipinski definition) is 0. The van der Waals surface area contributed by atoms with Gasteiger partial charge in [-0.3, -0.25) is 0 Å². The zero-order chi connectivity index (χ0) is 4.28. The van der Waals surface area contributed by atoms with Crippen molar-refractivity contribution in [1.82, 2.24) is 0 Å². The summed E-state index contributed by atoms with van der Waals surface area (Å²) in [4.78, 5) is 0. The molecule has 0 fully saturated rings. The molecule has 0 amide bonds. The maximum absolute atomic E-state index is 8.87. The average Bonchev–Trinajstić information content (AvgIpc) is 1.38. The fourth-order valence-corrected chi connectivity index (χ4v) is 0. The van der Waals surface area contributed by atoms with Gasteiger partial charge >= 0.3 is 59.3 Å². The van der Waals surface area contributed by atoms with Crippen LogP contribution in [0.2, 0.25) is 0 Å². The van der Waals surface area contributed by atoms with Crippen LogP contribution in [0, 0.1) is 0 Å². The van der Waals surface area contributed by atoms with Gasteiger partial charge in [0.2, 0.25) is 0 Å². The molecule has 0 aliphatic rings. The fourth-order valence-electron chi connectivity index (χ4n) is 0. The minimum atomic E-state index is -3.15. The van der Waals surface area contributed by atoms with Crippen LogP contribution in [0.1, 0.15) is 0 Å². The van der Waals surface area contributed by atoms with Crippen molar-refractivity contribution in [2.75, 3.05) is 0 Å². The van der Waals surface area contributed by atoms with Gasteiger partial charge in [0.1, 0.15) is 0 Å². The van der Waals surface area contributed by atoms with Gasteiger partial charge in [0.05, 0.1) is 0 Å². The summed E-state index contributed by atoms with van der Waals surface area (Å²) in [7, 11) is -3.15. The van der Waals surface area contributed by atoms with Crippen LogP contribution in [0.5, 0.6) is 0 Å². The van der Waals surface area contributed by atoms with E-state index in [1.807, 2.05) is 0 Å². The van der Waals surface area contributed by atoms with Crippen molar-refractivity contribution in [3.8, 4) is 0 Å². The summed E-state index contributed by atoms with van der Waals surface area (Å²) in [6.45, 7) is 0. The van der Waals surface area contributed by atoms with Crippen molar-refractivity contribution < 1.29 is 70.4 Å². The Morgan fingerprint density at radius 2 is 1.67 bits per heavy atom. The van der Waals surface area contributed by atoms with Gasteiger partial charge in [-0.05, 0) is 0 Å². The molecule has 0 aromatic carbocycles. The molecular weight excluding hydrogens is 134 g/mol. The molecule has 6 heavy (non-hydrogen) atoms. The van der Waals surface area contributed by atoms with E-state index in [9.17, 15) is 0 Å². The molecule has 4 nitrogen and oxygen atoms in total. The molecule has 0 saturated heterocycles. The van der Waals surface area contributed by atoms with Gasteiger partial charge in [-0.15, -0.1) is 0 Å². The Morgan fingerprint density at radius 1 is 1.50 bits per heavy atom. The van der Waals surface area contributed by atoms with Crippen LogP contribution in [0.3, 0.4) is 0 Å². The third kappa shape index (κ3) is 9.07. The second-order valence-corrected chi connectivity index (χ2v) is 0.894. The molecule has 0 aliphatic carbocycles. The SMILES string of the molecule is O=P(=O)O[O-].[K+]. The predicted octanol–water partition coefficient (Wildman–Crippen LogP) is -3.63. The summed E-state index contributed by atoms with van der Waals surface area (Å²) in [6, 6.07) is 0. The zero-order valence-corrected chi connectivity index (χ0v) is 7.10. The summed E-state index contributed by atoms with van der Waals surface area (Å²) in [5.74, 6) is 0. The third-order valence-electron chi connectivity index (χ3n) is 0.0609. The first-order valence-electron chi connectivity index (χ1n) is 0.714. The van der Waals surface area contributed by atoms with Crippen molar-refractivity contribution in [2.24, 2.45) is 0 Å². The monoisotopic (exact) mass is 134 g/mol. The average molecular weight is 134 g/mol. The second kappa shape index (κ2) is 6.46. The Hall–Kier alpha value is 1.46. The molecule has 0 saturated carbocycles. The van der Waals surface area contributed by atoms with Gasteiger partial charge in [-0.2, -0.15) is 0 Å². The van der Waals surface area contributed by atoms with Gasteiger partial charge in [0, 0.05) is 0 Å². The molecule has 0 bridgehead atoms. The topological polar surface area (TPSA) is 66.4 Å². The largest absolute Gasteiger partial charge is 1.00 e. The third-order valence-corrected chi connectivity index (χ3v) is 0.183. The summed E-state index contributed by atoms with van der Waals surface area (Å²) < 4.78 is 20.2. The Morgan fingerprint density at radius 3 is 1.67 bits per heavy atom. The van der Waals surface area contributed by atoms with E-state index in [0.717, 1.165) is 0 Å². The molecule has 0 rings (SSSR count). The van der Waals surface area contributed by atoms with Crippen LogP contribution in [-0.4, -0.2) is 0 Å². The normalized spacial score (nSPS) is 6.17. The molecule has 0 spiro atoms. The smallest absolute Gasteiger partial charge is 0.710 e. The van der Waals surface area contributed by atoms with Crippen LogP contribution < -0.4 is 56.6 Å². The van der Waals surface area contributed by atoms with Crippen molar-refractivity contribution in [1.29, 1.82) is 0 Å². The van der Waals surface area contributed by atoms with E-state index in [2.05, 4.69) is 4.67 Å². The van der Waals surface area contributed by atoms with Crippen LogP contribution in [0.25, 0.3) is 0 Å². The fraction of sp³-hybridized carbons (Fsp3) is 0. The van der Waals surface area contributed by atoms with Crippen molar-refractivity contribution in [2.45, 2.75) is 0 Å². The summed E-state index contributed by atoms with van der Waals surface area (Å²) in [6.07, 6.45) is 0. The molecule has 0 radical (unpaired) electrons. The molecule has 0 heterocycles. The van der Waals surface area contributed by atoms with E-state index >= 15 is 0 Å². The van der Waals surface area contributed by atoms with E-state index in [1.54, 1.807) is 0 Å². The standard InChI is InChI=1S/K.HO4P/c;1-4-5(2)3/h;1H/q+1;/p-1. The van der Waals surface area contributed by atoms with Crippen LogP contribution in [0.15, 0.2) is 0 Å². The molecule has 6 heteroatoms. The first kappa shape index (κ1) is 10.4. The van der Waals surface area contributed by atoms with Gasteiger partial charge in [0.25, 0.3) is 0 Å². The van der Waals surface area contributed by atoms with E-state index < -0.39 is 7.91 Å². The van der Waals surface area contributed by atoms with Gasteiger partial charge in [-0.25, -0.2) is 9.13 Å². The van der Waals surface area contributed by atoms with Crippen LogP contribution in [0.4, 0.5) is 0 Å². The van der Waals surface area contributed by atoms with E-state index in [0.29, 0.717) is 0 Å². The van der Waals surface area contributed by atoms with Gasteiger partial charge < -0.3 is 9.93 Å². The van der Waals surface area contributed by atoms with E-state index in [4.69, 9.17) is 14.4 Å². The van der Waals surface area contributed by atoms with Crippen molar-refractivity contribution in [3.63, 3.8) is 0 Å². The number of hydrogen-bond acceptors (Lipinski definition) is 4. The molecule has 0 unspecified atom stereocenters. The first-order chi connectivity index (χ1) is 2.27. The predicted molar refractivity (Wildman–Crippen MR) is 9.38 cm³/mol. The Balaban J connectivity index is 0. The maximum Gasteiger partial charge on any atom is 1.00 e. The summed E-state index contributed by atoms with van der Waals surface area (Å²) in [5, 5.41) is 8.53. The quantitative estimate of drug-likeness (QED) is 0.161. The second-order valence-electron chi connectivity index (χ2n) is 0.298. The molecule has 0 aliphatic heterocycles. The molecular formula is KO4P. The molecule has 0 N–H and O–H groups in total. The summed E-state index contributed by atoms with van der Waals surface area (Å²) in [5.41, 5.74) is 0. The molecule has 0 atom stereocenters. The zero-order valence-electron chi connectivity index (χ0n) is 3.08. The van der Waals surface area contributed by atoms with Gasteiger partial charge in [0.15, 0.2) is 0 Å².